The Morgan fingerprint density at radius 2 is 2.29 bits per heavy atom. The lowest BCUT2D eigenvalue weighted by molar-refractivity contribution is 0.500. The van der Waals surface area contributed by atoms with Gasteiger partial charge >= 0.3 is 0 Å². The number of halogens is 1. The average molecular weight is 270 g/mol. The molecule has 1 aromatic carbocycles. The molecule has 1 N–H and O–H groups in total. The summed E-state index contributed by atoms with van der Waals surface area (Å²) in [5, 5.41) is 5.26. The minimum atomic E-state index is 0.466. The van der Waals surface area contributed by atoms with Crippen LogP contribution in [0.5, 0.6) is 0 Å². The van der Waals surface area contributed by atoms with Gasteiger partial charge in [0.1, 0.15) is 0 Å². The second-order valence-corrected chi connectivity index (χ2v) is 6.51. The second-order valence-electron chi connectivity index (χ2n) is 4.67. The molecule has 1 nitrogen and oxygen atoms in total. The Bertz CT molecular complexity index is 380. The summed E-state index contributed by atoms with van der Waals surface area (Å²) in [6, 6.07) is 6.78. The molecule has 0 saturated heterocycles. The fraction of sp³-hybridized carbons (Fsp3) is 0.571. The summed E-state index contributed by atoms with van der Waals surface area (Å²) in [5.41, 5.74) is 2.74. The number of fused-ring (bicyclic) bond motifs is 1. The third-order valence-electron chi connectivity index (χ3n) is 3.25. The van der Waals surface area contributed by atoms with Crippen LogP contribution >= 0.6 is 23.4 Å². The normalized spacial score (nSPS) is 24.2. The summed E-state index contributed by atoms with van der Waals surface area (Å²) >= 11 is 8.33. The number of hydrogen-bond donors (Lipinski definition) is 1. The largest absolute Gasteiger partial charge is 0.310 e. The first kappa shape index (κ1) is 13.3. The van der Waals surface area contributed by atoms with Crippen molar-refractivity contribution >= 4 is 23.4 Å². The highest BCUT2D eigenvalue weighted by Crippen LogP contribution is 2.37. The molecule has 1 aliphatic heterocycles. The van der Waals surface area contributed by atoms with Gasteiger partial charge in [0.15, 0.2) is 0 Å². The molecule has 0 aromatic heterocycles. The first-order valence-electron chi connectivity index (χ1n) is 6.34. The Hall–Kier alpha value is -0.180. The summed E-state index contributed by atoms with van der Waals surface area (Å²) in [7, 11) is 0. The number of rotatable bonds is 3. The summed E-state index contributed by atoms with van der Waals surface area (Å²) < 4.78 is 0. The van der Waals surface area contributed by atoms with Crippen molar-refractivity contribution in [2.24, 2.45) is 0 Å². The smallest absolute Gasteiger partial charge is 0.0449 e. The van der Waals surface area contributed by atoms with Crippen LogP contribution in [0.4, 0.5) is 0 Å². The molecule has 2 atom stereocenters. The van der Waals surface area contributed by atoms with Gasteiger partial charge in [0.25, 0.3) is 0 Å². The molecule has 0 aliphatic carbocycles. The Labute approximate surface area is 113 Å². The maximum absolute atomic E-state index is 6.32. The zero-order valence-corrected chi connectivity index (χ0v) is 12.1. The van der Waals surface area contributed by atoms with Crippen LogP contribution in [-0.4, -0.2) is 11.8 Å². The Kier molecular flexibility index (Phi) is 4.78. The van der Waals surface area contributed by atoms with Crippen molar-refractivity contribution in [3.63, 3.8) is 0 Å². The summed E-state index contributed by atoms with van der Waals surface area (Å²) in [6.07, 6.45) is 2.37. The van der Waals surface area contributed by atoms with Gasteiger partial charge in [-0.05, 0) is 36.6 Å². The van der Waals surface area contributed by atoms with Crippen molar-refractivity contribution in [3.05, 3.63) is 34.3 Å². The van der Waals surface area contributed by atoms with E-state index in [1.54, 1.807) is 0 Å². The molecule has 0 bridgehead atoms. The van der Waals surface area contributed by atoms with Gasteiger partial charge in [0.05, 0.1) is 0 Å². The van der Waals surface area contributed by atoms with E-state index in [9.17, 15) is 0 Å². The topological polar surface area (TPSA) is 12.0 Å². The fourth-order valence-corrected chi connectivity index (χ4v) is 3.75. The molecule has 0 radical (unpaired) electrons. The third-order valence-corrected chi connectivity index (χ3v) is 4.82. The van der Waals surface area contributed by atoms with E-state index in [4.69, 9.17) is 11.6 Å². The fourth-order valence-electron chi connectivity index (χ4n) is 2.32. The molecule has 0 saturated carbocycles. The van der Waals surface area contributed by atoms with Crippen molar-refractivity contribution in [2.75, 3.05) is 6.54 Å². The summed E-state index contributed by atoms with van der Waals surface area (Å²) in [6.45, 7) is 5.60. The van der Waals surface area contributed by atoms with Gasteiger partial charge in [0.2, 0.25) is 0 Å². The first-order valence-corrected chi connectivity index (χ1v) is 7.77. The van der Waals surface area contributed by atoms with Gasteiger partial charge in [-0.25, -0.2) is 0 Å². The molecule has 0 spiro atoms. The highest BCUT2D eigenvalue weighted by Gasteiger charge is 2.23. The molecule has 2 rings (SSSR count). The van der Waals surface area contributed by atoms with Crippen LogP contribution in [0, 0.1) is 0 Å². The van der Waals surface area contributed by atoms with Crippen LogP contribution in [-0.2, 0) is 5.75 Å². The van der Waals surface area contributed by atoms with E-state index < -0.39 is 0 Å². The molecular formula is C14H20ClNS. The van der Waals surface area contributed by atoms with E-state index in [2.05, 4.69) is 31.3 Å². The average Bonchev–Trinajstić information content (AvgIpc) is 2.48. The lowest BCUT2D eigenvalue weighted by Crippen LogP contribution is -2.24. The molecule has 2 unspecified atom stereocenters. The van der Waals surface area contributed by atoms with Crippen molar-refractivity contribution < 1.29 is 0 Å². The minimum Gasteiger partial charge on any atom is -0.310 e. The van der Waals surface area contributed by atoms with Crippen LogP contribution < -0.4 is 5.32 Å². The van der Waals surface area contributed by atoms with Gasteiger partial charge in [0, 0.05) is 22.1 Å². The third kappa shape index (κ3) is 3.18. The van der Waals surface area contributed by atoms with Gasteiger partial charge in [-0.15, -0.1) is 0 Å². The monoisotopic (exact) mass is 269 g/mol. The summed E-state index contributed by atoms with van der Waals surface area (Å²) in [4.78, 5) is 0. The van der Waals surface area contributed by atoms with Crippen molar-refractivity contribution in [2.45, 2.75) is 43.7 Å². The molecule has 0 amide bonds. The van der Waals surface area contributed by atoms with Crippen LogP contribution in [0.1, 0.15) is 43.9 Å². The molecule has 17 heavy (non-hydrogen) atoms. The Morgan fingerprint density at radius 3 is 3.06 bits per heavy atom. The molecule has 1 aromatic rings. The van der Waals surface area contributed by atoms with E-state index in [1.807, 2.05) is 17.8 Å². The van der Waals surface area contributed by atoms with Crippen LogP contribution in [0.15, 0.2) is 18.2 Å². The van der Waals surface area contributed by atoms with Gasteiger partial charge in [-0.2, -0.15) is 11.8 Å². The molecule has 3 heteroatoms. The van der Waals surface area contributed by atoms with Crippen LogP contribution in [0.25, 0.3) is 0 Å². The van der Waals surface area contributed by atoms with E-state index >= 15 is 0 Å². The van der Waals surface area contributed by atoms with E-state index in [1.165, 1.54) is 24.0 Å². The second kappa shape index (κ2) is 6.12. The number of thioether (sulfide) groups is 1. The van der Waals surface area contributed by atoms with Gasteiger partial charge < -0.3 is 5.32 Å². The van der Waals surface area contributed by atoms with Gasteiger partial charge in [-0.3, -0.25) is 0 Å². The highest BCUT2D eigenvalue weighted by molar-refractivity contribution is 7.99. The van der Waals surface area contributed by atoms with Crippen molar-refractivity contribution in [1.82, 2.24) is 5.32 Å². The zero-order valence-electron chi connectivity index (χ0n) is 10.5. The van der Waals surface area contributed by atoms with Gasteiger partial charge in [-0.1, -0.05) is 37.6 Å². The number of benzene rings is 1. The lowest BCUT2D eigenvalue weighted by atomic mass is 9.97. The predicted octanol–water partition coefficient (Wildman–Crippen LogP) is 4.41. The standard InChI is InChI=1S/C14H20ClNS/c1-3-7-16-14-8-10(2)17-9-12-11(14)5-4-6-13(12)15/h4-6,10,14,16H,3,7-9H2,1-2H3. The first-order chi connectivity index (χ1) is 8.22. The Morgan fingerprint density at radius 1 is 1.47 bits per heavy atom. The van der Waals surface area contributed by atoms with Crippen LogP contribution in [0.2, 0.25) is 5.02 Å². The predicted molar refractivity (Wildman–Crippen MR) is 77.9 cm³/mol. The maximum Gasteiger partial charge on any atom is 0.0449 e. The number of nitrogens with one attached hydrogen (secondary N) is 1. The highest BCUT2D eigenvalue weighted by atomic mass is 35.5. The molecule has 1 heterocycles. The van der Waals surface area contributed by atoms with Crippen molar-refractivity contribution in [3.8, 4) is 0 Å². The summed E-state index contributed by atoms with van der Waals surface area (Å²) in [5.74, 6) is 1.04. The molecule has 0 fully saturated rings. The minimum absolute atomic E-state index is 0.466. The lowest BCUT2D eigenvalue weighted by Gasteiger charge is -2.20. The van der Waals surface area contributed by atoms with E-state index in [-0.39, 0.29) is 0 Å². The van der Waals surface area contributed by atoms with Crippen molar-refractivity contribution in [1.29, 1.82) is 0 Å². The van der Waals surface area contributed by atoms with E-state index in [0.29, 0.717) is 11.3 Å². The molecule has 1 aliphatic rings. The maximum atomic E-state index is 6.32. The molecular weight excluding hydrogens is 250 g/mol. The quantitative estimate of drug-likeness (QED) is 0.873. The van der Waals surface area contributed by atoms with E-state index in [0.717, 1.165) is 17.3 Å². The Balaban J connectivity index is 2.29. The zero-order chi connectivity index (χ0) is 12.3. The number of hydrogen-bond acceptors (Lipinski definition) is 2. The van der Waals surface area contributed by atoms with Crippen LogP contribution in [0.3, 0.4) is 0 Å². The SMILES string of the molecule is CCCNC1CC(C)SCc2c(Cl)cccc21. The molecule has 94 valence electrons.